The summed E-state index contributed by atoms with van der Waals surface area (Å²) in [7, 11) is 0. The molecule has 1 aliphatic rings. The number of anilines is 2. The van der Waals surface area contributed by atoms with Crippen LogP contribution in [0.4, 0.5) is 25.1 Å². The Bertz CT molecular complexity index is 1290. The van der Waals surface area contributed by atoms with Gasteiger partial charge in [0.25, 0.3) is 0 Å². The average molecular weight is 473 g/mol. The lowest BCUT2D eigenvalue weighted by atomic mass is 10.1. The Morgan fingerprint density at radius 1 is 1.15 bits per heavy atom. The van der Waals surface area contributed by atoms with Gasteiger partial charge < -0.3 is 15.8 Å². The van der Waals surface area contributed by atoms with Crippen molar-refractivity contribution in [2.24, 2.45) is 0 Å². The number of alkyl halides is 3. The zero-order valence-electron chi connectivity index (χ0n) is 18.0. The van der Waals surface area contributed by atoms with Crippen LogP contribution in [-0.4, -0.2) is 47.7 Å². The summed E-state index contributed by atoms with van der Waals surface area (Å²) in [6.45, 7) is 1.14. The van der Waals surface area contributed by atoms with E-state index in [-0.39, 0.29) is 31.2 Å². The Kier molecular flexibility index (Phi) is 5.77. The first-order valence-corrected chi connectivity index (χ1v) is 10.8. The first-order valence-electron chi connectivity index (χ1n) is 10.8. The van der Waals surface area contributed by atoms with E-state index >= 15 is 0 Å². The van der Waals surface area contributed by atoms with Gasteiger partial charge in [0.05, 0.1) is 18.3 Å². The molecule has 1 unspecified atom stereocenters. The van der Waals surface area contributed by atoms with E-state index in [1.165, 1.54) is 10.9 Å². The molecule has 0 amide bonds. The van der Waals surface area contributed by atoms with Crippen LogP contribution >= 0.6 is 0 Å². The van der Waals surface area contributed by atoms with Crippen LogP contribution in [0, 0.1) is 0 Å². The molecule has 0 aliphatic carbocycles. The Morgan fingerprint density at radius 2 is 2.03 bits per heavy atom. The summed E-state index contributed by atoms with van der Waals surface area (Å²) in [5.74, 6) is 0.609. The topological polar surface area (TPSA) is 122 Å². The molecule has 1 fully saturated rings. The van der Waals surface area contributed by atoms with Gasteiger partial charge in [0, 0.05) is 30.3 Å². The van der Waals surface area contributed by atoms with Gasteiger partial charge in [-0.25, -0.2) is 4.68 Å². The van der Waals surface area contributed by atoms with Crippen molar-refractivity contribution in [2.75, 3.05) is 24.2 Å². The number of hydrogen-bond donors (Lipinski definition) is 2. The molecule has 0 bridgehead atoms. The lowest BCUT2D eigenvalue weighted by molar-refractivity contribution is -0.141. The molecular formula is C21H22F3N9O. The third-order valence-electron chi connectivity index (χ3n) is 5.49. The van der Waals surface area contributed by atoms with Gasteiger partial charge in [-0.15, -0.1) is 0 Å². The number of nitrogens with two attached hydrogens (primary N) is 1. The fourth-order valence-corrected chi connectivity index (χ4v) is 3.84. The third-order valence-corrected chi connectivity index (χ3v) is 5.49. The average Bonchev–Trinajstić information content (AvgIpc) is 3.46. The van der Waals surface area contributed by atoms with Crippen LogP contribution in [0.5, 0.6) is 0 Å². The molecule has 0 spiro atoms. The highest BCUT2D eigenvalue weighted by molar-refractivity contribution is 5.83. The number of hydrogen-bond acceptors (Lipinski definition) is 8. The van der Waals surface area contributed by atoms with E-state index in [1.807, 2.05) is 22.9 Å². The van der Waals surface area contributed by atoms with Gasteiger partial charge in [-0.05, 0) is 31.4 Å². The summed E-state index contributed by atoms with van der Waals surface area (Å²) in [5.41, 5.74) is 6.58. The summed E-state index contributed by atoms with van der Waals surface area (Å²) >= 11 is 0. The fraction of sp³-hybridized carbons (Fsp3) is 0.381. The molecule has 5 rings (SSSR count). The molecule has 1 atom stereocenters. The summed E-state index contributed by atoms with van der Waals surface area (Å²) in [6.07, 6.45) is 1.51. The summed E-state index contributed by atoms with van der Waals surface area (Å²) in [4.78, 5) is 12.8. The van der Waals surface area contributed by atoms with Crippen molar-refractivity contribution in [3.8, 4) is 11.4 Å². The van der Waals surface area contributed by atoms with E-state index in [1.54, 1.807) is 6.20 Å². The number of rotatable bonds is 6. The van der Waals surface area contributed by atoms with Gasteiger partial charge in [0.15, 0.2) is 17.7 Å². The van der Waals surface area contributed by atoms with E-state index in [2.05, 4.69) is 30.5 Å². The quantitative estimate of drug-likeness (QED) is 0.436. The van der Waals surface area contributed by atoms with Crippen LogP contribution in [0.3, 0.4) is 0 Å². The molecular weight excluding hydrogens is 451 g/mol. The van der Waals surface area contributed by atoms with Crippen LogP contribution in [-0.2, 0) is 17.5 Å². The molecule has 3 aromatic heterocycles. The number of ether oxygens (including phenoxy) is 1. The maximum Gasteiger partial charge on any atom is 0.435 e. The molecule has 3 N–H and O–H groups in total. The Balaban J connectivity index is 1.33. The predicted molar refractivity (Wildman–Crippen MR) is 118 cm³/mol. The number of halogens is 3. The number of nitrogen functional groups attached to an aromatic ring is 1. The second-order valence-corrected chi connectivity index (χ2v) is 7.91. The number of nitrogens with zero attached hydrogens (tertiary/aromatic N) is 7. The van der Waals surface area contributed by atoms with E-state index < -0.39 is 11.9 Å². The largest absolute Gasteiger partial charge is 0.435 e. The maximum atomic E-state index is 12.7. The SMILES string of the molecule is Nc1nc(NCCn2ccc(C(F)(F)F)n2)nc(-c2ccc3cnn(C4CCCCO4)c3c2)n1. The smallest absolute Gasteiger partial charge is 0.368 e. The van der Waals surface area contributed by atoms with Crippen molar-refractivity contribution in [3.05, 3.63) is 42.4 Å². The Hall–Kier alpha value is -3.74. The van der Waals surface area contributed by atoms with Crippen molar-refractivity contribution in [1.82, 2.24) is 34.5 Å². The van der Waals surface area contributed by atoms with Crippen molar-refractivity contribution in [1.29, 1.82) is 0 Å². The molecule has 10 nitrogen and oxygen atoms in total. The van der Waals surface area contributed by atoms with Gasteiger partial charge in [0.1, 0.15) is 0 Å². The van der Waals surface area contributed by atoms with Crippen LogP contribution in [0.1, 0.15) is 31.2 Å². The Labute approximate surface area is 192 Å². The van der Waals surface area contributed by atoms with Crippen LogP contribution in [0.25, 0.3) is 22.3 Å². The zero-order chi connectivity index (χ0) is 23.7. The standard InChI is InChI=1S/C21H22F3N9O/c22-21(23,24)16-6-8-32(31-16)9-7-26-20-29-18(28-19(25)30-20)13-4-5-14-12-27-33(15(14)11-13)17-3-1-2-10-34-17/h4-6,8,11-12,17H,1-3,7,9-10H2,(H3,25,26,28,29,30). The van der Waals surface area contributed by atoms with Gasteiger partial charge in [-0.3, -0.25) is 4.68 Å². The number of fused-ring (bicyclic) bond motifs is 1. The van der Waals surface area contributed by atoms with Gasteiger partial charge in [-0.2, -0.15) is 38.3 Å². The molecule has 4 aromatic rings. The van der Waals surface area contributed by atoms with Crippen molar-refractivity contribution in [3.63, 3.8) is 0 Å². The summed E-state index contributed by atoms with van der Waals surface area (Å²) in [6, 6.07) is 6.66. The van der Waals surface area contributed by atoms with E-state index in [9.17, 15) is 13.2 Å². The van der Waals surface area contributed by atoms with Crippen LogP contribution in [0.2, 0.25) is 0 Å². The van der Waals surface area contributed by atoms with Gasteiger partial charge in [-0.1, -0.05) is 12.1 Å². The van der Waals surface area contributed by atoms with Crippen LogP contribution < -0.4 is 11.1 Å². The first kappa shape index (κ1) is 22.1. The number of benzene rings is 1. The minimum atomic E-state index is -4.48. The van der Waals surface area contributed by atoms with Gasteiger partial charge >= 0.3 is 6.18 Å². The lowest BCUT2D eigenvalue weighted by Crippen LogP contribution is -2.19. The normalized spacial score (nSPS) is 16.7. The molecule has 34 heavy (non-hydrogen) atoms. The predicted octanol–water partition coefficient (Wildman–Crippen LogP) is 3.50. The Morgan fingerprint density at radius 3 is 2.79 bits per heavy atom. The van der Waals surface area contributed by atoms with Crippen LogP contribution in [0.15, 0.2) is 36.7 Å². The first-order chi connectivity index (χ1) is 16.4. The minimum Gasteiger partial charge on any atom is -0.368 e. The third kappa shape index (κ3) is 4.64. The highest BCUT2D eigenvalue weighted by Crippen LogP contribution is 2.29. The van der Waals surface area contributed by atoms with Crippen molar-refractivity contribution in [2.45, 2.75) is 38.2 Å². The molecule has 1 saturated heterocycles. The van der Waals surface area contributed by atoms with E-state index in [0.717, 1.165) is 41.8 Å². The summed E-state index contributed by atoms with van der Waals surface area (Å²) < 4.78 is 47.1. The highest BCUT2D eigenvalue weighted by atomic mass is 19.4. The van der Waals surface area contributed by atoms with Gasteiger partial charge in [0.2, 0.25) is 11.9 Å². The minimum absolute atomic E-state index is 0.0233. The summed E-state index contributed by atoms with van der Waals surface area (Å²) in [5, 5.41) is 12.0. The number of nitrogens with one attached hydrogen (secondary N) is 1. The lowest BCUT2D eigenvalue weighted by Gasteiger charge is -2.23. The monoisotopic (exact) mass is 473 g/mol. The molecule has 178 valence electrons. The second-order valence-electron chi connectivity index (χ2n) is 7.91. The molecule has 1 aliphatic heterocycles. The van der Waals surface area contributed by atoms with Crippen molar-refractivity contribution >= 4 is 22.8 Å². The fourth-order valence-electron chi connectivity index (χ4n) is 3.84. The molecule has 0 radical (unpaired) electrons. The van der Waals surface area contributed by atoms with E-state index in [0.29, 0.717) is 12.4 Å². The second kappa shape index (κ2) is 8.89. The number of aromatic nitrogens is 7. The maximum absolute atomic E-state index is 12.7. The molecule has 13 heteroatoms. The molecule has 0 saturated carbocycles. The molecule has 1 aromatic carbocycles. The van der Waals surface area contributed by atoms with Crippen molar-refractivity contribution < 1.29 is 17.9 Å². The van der Waals surface area contributed by atoms with E-state index in [4.69, 9.17) is 10.5 Å². The highest BCUT2D eigenvalue weighted by Gasteiger charge is 2.33. The zero-order valence-corrected chi connectivity index (χ0v) is 18.0. The molecule has 4 heterocycles.